The third kappa shape index (κ3) is 4.70. The van der Waals surface area contributed by atoms with Gasteiger partial charge in [-0.05, 0) is 53.4 Å². The average Bonchev–Trinajstić information content (AvgIpc) is 2.55. The van der Waals surface area contributed by atoms with Gasteiger partial charge < -0.3 is 15.0 Å². The zero-order chi connectivity index (χ0) is 16.8. The molecule has 1 aliphatic rings. The number of carbonyl (C=O) groups excluding carboxylic acids is 2. The van der Waals surface area contributed by atoms with Gasteiger partial charge in [-0.1, -0.05) is 6.92 Å². The molecule has 1 saturated heterocycles. The van der Waals surface area contributed by atoms with E-state index in [9.17, 15) is 9.59 Å². The Morgan fingerprint density at radius 1 is 1.43 bits per heavy atom. The predicted octanol–water partition coefficient (Wildman–Crippen LogP) is 2.98. The number of likely N-dealkylation sites (tertiary alicyclic amines) is 1. The number of nitrogens with one attached hydrogen (secondary N) is 1. The molecule has 0 radical (unpaired) electrons. The Morgan fingerprint density at radius 2 is 2.22 bits per heavy atom. The van der Waals surface area contributed by atoms with Crippen LogP contribution >= 0.6 is 15.9 Å². The first-order valence-corrected chi connectivity index (χ1v) is 8.76. The van der Waals surface area contributed by atoms with Crippen LogP contribution in [-0.4, -0.2) is 43.0 Å². The van der Waals surface area contributed by atoms with Crippen molar-refractivity contribution in [1.29, 1.82) is 0 Å². The molecule has 1 N–H and O–H groups in total. The first-order valence-electron chi connectivity index (χ1n) is 7.97. The zero-order valence-electron chi connectivity index (χ0n) is 13.6. The molecular weight excluding hydrogens is 360 g/mol. The highest BCUT2D eigenvalue weighted by Crippen LogP contribution is 2.25. The number of amides is 2. The molecule has 126 valence electrons. The van der Waals surface area contributed by atoms with Crippen LogP contribution in [0.4, 0.5) is 0 Å². The van der Waals surface area contributed by atoms with Crippen LogP contribution in [0.5, 0.6) is 5.75 Å². The molecule has 1 unspecified atom stereocenters. The van der Waals surface area contributed by atoms with Gasteiger partial charge in [0.15, 0.2) is 0 Å². The summed E-state index contributed by atoms with van der Waals surface area (Å²) >= 11 is 3.43. The summed E-state index contributed by atoms with van der Waals surface area (Å²) in [6.45, 7) is 3.25. The Morgan fingerprint density at radius 3 is 2.91 bits per heavy atom. The molecule has 1 atom stereocenters. The molecule has 5 nitrogen and oxygen atoms in total. The standard InChI is InChI=1S/C17H23BrN2O3/c1-3-5-16(21)19-12-6-4-9-20(11-12)17(22)14-10-13(23-2)7-8-15(14)18/h7-8,10,12H,3-6,9,11H2,1-2H3,(H,19,21). The number of nitrogens with zero attached hydrogens (tertiary/aromatic N) is 1. The number of benzene rings is 1. The minimum absolute atomic E-state index is 0.0368. The first kappa shape index (κ1) is 17.8. The van der Waals surface area contributed by atoms with E-state index in [0.29, 0.717) is 30.8 Å². The van der Waals surface area contributed by atoms with E-state index >= 15 is 0 Å². The van der Waals surface area contributed by atoms with Gasteiger partial charge in [-0.2, -0.15) is 0 Å². The minimum Gasteiger partial charge on any atom is -0.497 e. The SMILES string of the molecule is CCCC(=O)NC1CCCN(C(=O)c2cc(OC)ccc2Br)C1. The van der Waals surface area contributed by atoms with Gasteiger partial charge in [-0.15, -0.1) is 0 Å². The number of hydrogen-bond acceptors (Lipinski definition) is 3. The van der Waals surface area contributed by atoms with Crippen molar-refractivity contribution < 1.29 is 14.3 Å². The third-order valence-electron chi connectivity index (χ3n) is 3.95. The second-order valence-corrected chi connectivity index (χ2v) is 6.61. The molecule has 23 heavy (non-hydrogen) atoms. The number of piperidine rings is 1. The molecule has 1 fully saturated rings. The first-order chi connectivity index (χ1) is 11.0. The largest absolute Gasteiger partial charge is 0.497 e. The maximum absolute atomic E-state index is 12.8. The second kappa shape index (κ2) is 8.34. The van der Waals surface area contributed by atoms with Crippen molar-refractivity contribution in [3.8, 4) is 5.75 Å². The predicted molar refractivity (Wildman–Crippen MR) is 92.7 cm³/mol. The van der Waals surface area contributed by atoms with E-state index in [4.69, 9.17) is 4.74 Å². The molecule has 0 saturated carbocycles. The molecule has 1 heterocycles. The van der Waals surface area contributed by atoms with Gasteiger partial charge in [0.05, 0.1) is 12.7 Å². The van der Waals surface area contributed by atoms with Crippen molar-refractivity contribution in [1.82, 2.24) is 10.2 Å². The topological polar surface area (TPSA) is 58.6 Å². The van der Waals surface area contributed by atoms with Gasteiger partial charge in [0.1, 0.15) is 5.75 Å². The van der Waals surface area contributed by atoms with Crippen LogP contribution in [0, 0.1) is 0 Å². The Bertz CT molecular complexity index is 577. The molecular formula is C17H23BrN2O3. The van der Waals surface area contributed by atoms with E-state index < -0.39 is 0 Å². The summed E-state index contributed by atoms with van der Waals surface area (Å²) in [5.74, 6) is 0.681. The van der Waals surface area contributed by atoms with Gasteiger partial charge in [-0.3, -0.25) is 9.59 Å². The fraction of sp³-hybridized carbons (Fsp3) is 0.529. The molecule has 1 aromatic carbocycles. The smallest absolute Gasteiger partial charge is 0.255 e. The van der Waals surface area contributed by atoms with Crippen molar-refractivity contribution in [2.75, 3.05) is 20.2 Å². The molecule has 0 aliphatic carbocycles. The minimum atomic E-state index is -0.0368. The molecule has 1 aromatic rings. The third-order valence-corrected chi connectivity index (χ3v) is 4.65. The number of ether oxygens (including phenoxy) is 1. The molecule has 2 amide bonds. The van der Waals surface area contributed by atoms with Gasteiger partial charge >= 0.3 is 0 Å². The highest BCUT2D eigenvalue weighted by molar-refractivity contribution is 9.10. The van der Waals surface area contributed by atoms with Crippen LogP contribution in [0.15, 0.2) is 22.7 Å². The van der Waals surface area contributed by atoms with Gasteiger partial charge in [0.25, 0.3) is 5.91 Å². The van der Waals surface area contributed by atoms with Crippen molar-refractivity contribution in [2.24, 2.45) is 0 Å². The number of methoxy groups -OCH3 is 1. The summed E-state index contributed by atoms with van der Waals surface area (Å²) in [6, 6.07) is 5.41. The van der Waals surface area contributed by atoms with Crippen LogP contribution in [0.3, 0.4) is 0 Å². The lowest BCUT2D eigenvalue weighted by atomic mass is 10.0. The summed E-state index contributed by atoms with van der Waals surface area (Å²) in [7, 11) is 1.58. The number of halogens is 1. The summed E-state index contributed by atoms with van der Waals surface area (Å²) in [6.07, 6.45) is 3.17. The Balaban J connectivity index is 2.06. The van der Waals surface area contributed by atoms with Crippen molar-refractivity contribution in [2.45, 2.75) is 38.6 Å². The van der Waals surface area contributed by atoms with Gasteiger partial charge in [-0.25, -0.2) is 0 Å². The normalized spacial score (nSPS) is 17.7. The van der Waals surface area contributed by atoms with Crippen LogP contribution in [0.2, 0.25) is 0 Å². The number of carbonyl (C=O) groups is 2. The second-order valence-electron chi connectivity index (χ2n) is 5.75. The van der Waals surface area contributed by atoms with Gasteiger partial charge in [0, 0.05) is 30.0 Å². The van der Waals surface area contributed by atoms with E-state index in [1.807, 2.05) is 19.1 Å². The van der Waals surface area contributed by atoms with Gasteiger partial charge in [0.2, 0.25) is 5.91 Å². The lowest BCUT2D eigenvalue weighted by Gasteiger charge is -2.33. The Kier molecular flexibility index (Phi) is 6.45. The highest BCUT2D eigenvalue weighted by Gasteiger charge is 2.26. The quantitative estimate of drug-likeness (QED) is 0.851. The van der Waals surface area contributed by atoms with Crippen molar-refractivity contribution >= 4 is 27.7 Å². The lowest BCUT2D eigenvalue weighted by Crippen LogP contribution is -2.49. The highest BCUT2D eigenvalue weighted by atomic mass is 79.9. The summed E-state index contributed by atoms with van der Waals surface area (Å²) in [5.41, 5.74) is 0.588. The van der Waals surface area contributed by atoms with E-state index in [0.717, 1.165) is 23.7 Å². The fourth-order valence-electron chi connectivity index (χ4n) is 2.77. The summed E-state index contributed by atoms with van der Waals surface area (Å²) < 4.78 is 5.95. The molecule has 1 aliphatic heterocycles. The zero-order valence-corrected chi connectivity index (χ0v) is 15.2. The Hall–Kier alpha value is -1.56. The maximum atomic E-state index is 12.8. The fourth-order valence-corrected chi connectivity index (χ4v) is 3.19. The average molecular weight is 383 g/mol. The van der Waals surface area contributed by atoms with E-state index in [1.165, 1.54) is 0 Å². The molecule has 0 bridgehead atoms. The lowest BCUT2D eigenvalue weighted by molar-refractivity contribution is -0.122. The van der Waals surface area contributed by atoms with Crippen LogP contribution in [-0.2, 0) is 4.79 Å². The van der Waals surface area contributed by atoms with Crippen LogP contribution in [0.25, 0.3) is 0 Å². The van der Waals surface area contributed by atoms with E-state index in [-0.39, 0.29) is 17.9 Å². The van der Waals surface area contributed by atoms with Crippen molar-refractivity contribution in [3.05, 3.63) is 28.2 Å². The molecule has 6 heteroatoms. The maximum Gasteiger partial charge on any atom is 0.255 e. The van der Waals surface area contributed by atoms with E-state index in [1.54, 1.807) is 18.1 Å². The molecule has 0 spiro atoms. The summed E-state index contributed by atoms with van der Waals surface area (Å²) in [5, 5.41) is 3.02. The molecule has 0 aromatic heterocycles. The number of hydrogen-bond donors (Lipinski definition) is 1. The van der Waals surface area contributed by atoms with Crippen LogP contribution < -0.4 is 10.1 Å². The monoisotopic (exact) mass is 382 g/mol. The molecule has 2 rings (SSSR count). The van der Waals surface area contributed by atoms with Crippen molar-refractivity contribution in [3.63, 3.8) is 0 Å². The Labute approximate surface area is 145 Å². The van der Waals surface area contributed by atoms with Crippen LogP contribution in [0.1, 0.15) is 43.0 Å². The summed E-state index contributed by atoms with van der Waals surface area (Å²) in [4.78, 5) is 26.3. The van der Waals surface area contributed by atoms with E-state index in [2.05, 4.69) is 21.2 Å². The number of rotatable bonds is 5.